The van der Waals surface area contributed by atoms with Crippen molar-refractivity contribution in [3.8, 4) is 0 Å². The van der Waals surface area contributed by atoms with Crippen molar-refractivity contribution in [3.05, 3.63) is 24.0 Å². The summed E-state index contributed by atoms with van der Waals surface area (Å²) in [5.41, 5.74) is 1.54. The number of aromatic nitrogens is 2. The van der Waals surface area contributed by atoms with E-state index in [9.17, 15) is 8.42 Å². The molecule has 0 saturated carbocycles. The highest BCUT2D eigenvalue weighted by Crippen LogP contribution is 2.16. The predicted molar refractivity (Wildman–Crippen MR) is 53.9 cm³/mol. The van der Waals surface area contributed by atoms with Crippen LogP contribution >= 0.6 is 0 Å². The van der Waals surface area contributed by atoms with Gasteiger partial charge in [0.15, 0.2) is 9.84 Å². The maximum atomic E-state index is 11.2. The van der Waals surface area contributed by atoms with Crippen LogP contribution in [0.15, 0.2) is 23.1 Å². The monoisotopic (exact) mass is 210 g/mol. The van der Waals surface area contributed by atoms with E-state index in [1.165, 1.54) is 6.26 Å². The highest BCUT2D eigenvalue weighted by atomic mass is 32.2. The molecule has 2 aromatic rings. The molecule has 0 fully saturated rings. The highest BCUT2D eigenvalue weighted by molar-refractivity contribution is 7.90. The fraction of sp³-hybridized carbons (Fsp3) is 0.222. The van der Waals surface area contributed by atoms with E-state index in [0.29, 0.717) is 10.4 Å². The molecule has 0 aliphatic rings. The van der Waals surface area contributed by atoms with Crippen LogP contribution in [-0.4, -0.2) is 24.6 Å². The van der Waals surface area contributed by atoms with Crippen molar-refractivity contribution in [2.75, 3.05) is 6.26 Å². The van der Waals surface area contributed by atoms with E-state index < -0.39 is 9.84 Å². The molecule has 1 aromatic carbocycles. The minimum Gasteiger partial charge on any atom is -0.342 e. The van der Waals surface area contributed by atoms with E-state index >= 15 is 0 Å². The van der Waals surface area contributed by atoms with Crippen LogP contribution in [-0.2, 0) is 9.84 Å². The summed E-state index contributed by atoms with van der Waals surface area (Å²) in [5.74, 6) is 0.783. The third-order valence-corrected chi connectivity index (χ3v) is 3.11. The van der Waals surface area contributed by atoms with Crippen molar-refractivity contribution in [2.45, 2.75) is 11.8 Å². The number of aryl methyl sites for hydroxylation is 1. The normalized spacial score (nSPS) is 12.1. The largest absolute Gasteiger partial charge is 0.342 e. The van der Waals surface area contributed by atoms with E-state index in [1.807, 2.05) is 6.92 Å². The van der Waals surface area contributed by atoms with E-state index in [0.717, 1.165) is 11.3 Å². The van der Waals surface area contributed by atoms with Gasteiger partial charge in [-0.15, -0.1) is 0 Å². The molecule has 14 heavy (non-hydrogen) atoms. The molecule has 4 nitrogen and oxygen atoms in total. The zero-order valence-corrected chi connectivity index (χ0v) is 8.72. The van der Waals surface area contributed by atoms with Crippen molar-refractivity contribution in [1.29, 1.82) is 0 Å². The molecule has 0 bridgehead atoms. The Hall–Kier alpha value is -1.36. The minimum atomic E-state index is -3.14. The molecule has 1 aromatic heterocycles. The Morgan fingerprint density at radius 2 is 2.07 bits per heavy atom. The summed E-state index contributed by atoms with van der Waals surface area (Å²) in [7, 11) is -3.14. The fourth-order valence-corrected chi connectivity index (χ4v) is 1.98. The summed E-state index contributed by atoms with van der Waals surface area (Å²) >= 11 is 0. The van der Waals surface area contributed by atoms with Gasteiger partial charge in [-0.1, -0.05) is 0 Å². The lowest BCUT2D eigenvalue weighted by atomic mass is 10.3. The third kappa shape index (κ3) is 1.50. The average Bonchev–Trinajstić information content (AvgIpc) is 2.41. The quantitative estimate of drug-likeness (QED) is 0.771. The Morgan fingerprint density at radius 1 is 1.36 bits per heavy atom. The Bertz CT molecular complexity index is 584. The van der Waals surface area contributed by atoms with Crippen molar-refractivity contribution in [2.24, 2.45) is 0 Å². The average molecular weight is 210 g/mol. The predicted octanol–water partition coefficient (Wildman–Crippen LogP) is 1.27. The molecule has 0 saturated heterocycles. The molecule has 0 aliphatic carbocycles. The van der Waals surface area contributed by atoms with Gasteiger partial charge in [0.1, 0.15) is 5.82 Å². The minimum absolute atomic E-state index is 0.302. The van der Waals surface area contributed by atoms with Crippen molar-refractivity contribution < 1.29 is 8.42 Å². The van der Waals surface area contributed by atoms with E-state index in [-0.39, 0.29) is 0 Å². The smallest absolute Gasteiger partial charge is 0.175 e. The second kappa shape index (κ2) is 2.81. The van der Waals surface area contributed by atoms with Gasteiger partial charge < -0.3 is 4.98 Å². The Morgan fingerprint density at radius 3 is 2.71 bits per heavy atom. The number of sulfone groups is 1. The molecule has 1 N–H and O–H groups in total. The van der Waals surface area contributed by atoms with Crippen LogP contribution < -0.4 is 0 Å². The molecule has 1 heterocycles. The van der Waals surface area contributed by atoms with E-state index in [1.54, 1.807) is 18.2 Å². The third-order valence-electron chi connectivity index (χ3n) is 2.00. The van der Waals surface area contributed by atoms with Gasteiger partial charge in [-0.05, 0) is 25.1 Å². The molecular weight excluding hydrogens is 200 g/mol. The maximum absolute atomic E-state index is 11.2. The van der Waals surface area contributed by atoms with Crippen LogP contribution in [0.1, 0.15) is 5.82 Å². The molecule has 0 atom stereocenters. The zero-order valence-electron chi connectivity index (χ0n) is 7.90. The summed E-state index contributed by atoms with van der Waals surface area (Å²) < 4.78 is 22.5. The number of rotatable bonds is 1. The molecule has 0 aliphatic heterocycles. The first kappa shape index (κ1) is 9.21. The number of aromatic amines is 1. The van der Waals surface area contributed by atoms with Crippen LogP contribution in [0.5, 0.6) is 0 Å². The molecule has 74 valence electrons. The molecule has 0 radical (unpaired) electrons. The molecule has 0 unspecified atom stereocenters. The van der Waals surface area contributed by atoms with Crippen LogP contribution in [0, 0.1) is 6.92 Å². The first-order valence-electron chi connectivity index (χ1n) is 4.13. The fourth-order valence-electron chi connectivity index (χ4n) is 1.34. The number of benzene rings is 1. The number of hydrogen-bond acceptors (Lipinski definition) is 3. The van der Waals surface area contributed by atoms with E-state index in [4.69, 9.17) is 0 Å². The second-order valence-electron chi connectivity index (χ2n) is 3.27. The Balaban J connectivity index is 2.74. The number of imidazole rings is 1. The Labute approximate surface area is 81.9 Å². The van der Waals surface area contributed by atoms with Gasteiger partial charge in [0.25, 0.3) is 0 Å². The maximum Gasteiger partial charge on any atom is 0.175 e. The second-order valence-corrected chi connectivity index (χ2v) is 5.29. The van der Waals surface area contributed by atoms with Crippen LogP contribution in [0.2, 0.25) is 0 Å². The SMILES string of the molecule is Cc1nc2cc(S(C)(=O)=O)ccc2[nH]1. The first-order valence-corrected chi connectivity index (χ1v) is 6.02. The lowest BCUT2D eigenvalue weighted by molar-refractivity contribution is 0.602. The number of nitrogens with one attached hydrogen (secondary N) is 1. The molecule has 0 spiro atoms. The molecular formula is C9H10N2O2S. The van der Waals surface area contributed by atoms with Gasteiger partial charge in [0.2, 0.25) is 0 Å². The number of nitrogens with zero attached hydrogens (tertiary/aromatic N) is 1. The Kier molecular flexibility index (Phi) is 1.85. The van der Waals surface area contributed by atoms with Gasteiger partial charge in [0, 0.05) is 6.26 Å². The van der Waals surface area contributed by atoms with Crippen LogP contribution in [0.25, 0.3) is 11.0 Å². The van der Waals surface area contributed by atoms with Gasteiger partial charge in [0.05, 0.1) is 15.9 Å². The van der Waals surface area contributed by atoms with Gasteiger partial charge in [-0.25, -0.2) is 13.4 Å². The van der Waals surface area contributed by atoms with Crippen molar-refractivity contribution in [1.82, 2.24) is 9.97 Å². The number of fused-ring (bicyclic) bond motifs is 1. The van der Waals surface area contributed by atoms with Gasteiger partial charge in [-0.3, -0.25) is 0 Å². The lowest BCUT2D eigenvalue weighted by Crippen LogP contribution is -1.96. The molecule has 0 amide bonds. The zero-order chi connectivity index (χ0) is 10.3. The van der Waals surface area contributed by atoms with Crippen LogP contribution in [0.3, 0.4) is 0 Å². The van der Waals surface area contributed by atoms with Gasteiger partial charge >= 0.3 is 0 Å². The summed E-state index contributed by atoms with van der Waals surface area (Å²) in [4.78, 5) is 7.50. The number of hydrogen-bond donors (Lipinski definition) is 1. The molecule has 5 heteroatoms. The standard InChI is InChI=1S/C9H10N2O2S/c1-6-10-8-4-3-7(14(2,12)13)5-9(8)11-6/h3-5H,1-2H3,(H,10,11). The van der Waals surface area contributed by atoms with Crippen molar-refractivity contribution >= 4 is 20.9 Å². The van der Waals surface area contributed by atoms with Crippen molar-refractivity contribution in [3.63, 3.8) is 0 Å². The summed E-state index contributed by atoms with van der Waals surface area (Å²) in [6.45, 7) is 1.83. The molecule has 2 rings (SSSR count). The lowest BCUT2D eigenvalue weighted by Gasteiger charge is -1.96. The van der Waals surface area contributed by atoms with Crippen LogP contribution in [0.4, 0.5) is 0 Å². The summed E-state index contributed by atoms with van der Waals surface area (Å²) in [5, 5.41) is 0. The topological polar surface area (TPSA) is 62.8 Å². The highest BCUT2D eigenvalue weighted by Gasteiger charge is 2.08. The summed E-state index contributed by atoms with van der Waals surface area (Å²) in [6, 6.07) is 4.88. The summed E-state index contributed by atoms with van der Waals surface area (Å²) in [6.07, 6.45) is 1.19. The van der Waals surface area contributed by atoms with Gasteiger partial charge in [-0.2, -0.15) is 0 Å². The number of H-pyrrole nitrogens is 1. The van der Waals surface area contributed by atoms with E-state index in [2.05, 4.69) is 9.97 Å². The first-order chi connectivity index (χ1) is 6.47.